The fourth-order valence-electron chi connectivity index (χ4n) is 7.34. The lowest BCUT2D eigenvalue weighted by Crippen LogP contribution is -2.60. The van der Waals surface area contributed by atoms with Gasteiger partial charge in [0.1, 0.15) is 36.8 Å². The van der Waals surface area contributed by atoms with E-state index in [0.717, 1.165) is 64.2 Å². The van der Waals surface area contributed by atoms with Crippen molar-refractivity contribution in [3.8, 4) is 0 Å². The summed E-state index contributed by atoms with van der Waals surface area (Å²) in [4.78, 5) is 25.5. The third-order valence-corrected chi connectivity index (χ3v) is 12.0. The Labute approximate surface area is 399 Å². The second-order valence-electron chi connectivity index (χ2n) is 17.4. The summed E-state index contributed by atoms with van der Waals surface area (Å²) >= 11 is 0. The Kier molecular flexibility index (Phi) is 39.1. The summed E-state index contributed by atoms with van der Waals surface area (Å²) in [7, 11) is -4.61. The first-order valence-corrected chi connectivity index (χ1v) is 27.1. The molecule has 0 aromatic rings. The number of ether oxygens (including phenoxy) is 4. The lowest BCUT2D eigenvalue weighted by molar-refractivity contribution is -0.297. The van der Waals surface area contributed by atoms with E-state index >= 15 is 0 Å². The first kappa shape index (κ1) is 61.1. The van der Waals surface area contributed by atoms with Crippen LogP contribution in [0.15, 0.2) is 72.9 Å². The summed E-state index contributed by atoms with van der Waals surface area (Å²) in [6.45, 7) is 3.61. The van der Waals surface area contributed by atoms with Crippen LogP contribution in [0.4, 0.5) is 0 Å². The molecular weight excluding hydrogens is 861 g/mol. The van der Waals surface area contributed by atoms with Gasteiger partial charge in [0.25, 0.3) is 10.1 Å². The second-order valence-corrected chi connectivity index (χ2v) is 18.9. The van der Waals surface area contributed by atoms with Crippen LogP contribution in [0.2, 0.25) is 0 Å². The largest absolute Gasteiger partial charge is 0.462 e. The van der Waals surface area contributed by atoms with Gasteiger partial charge in [-0.1, -0.05) is 170 Å². The van der Waals surface area contributed by atoms with Gasteiger partial charge in [-0.05, 0) is 83.5 Å². The maximum atomic E-state index is 12.8. The molecular formula is C53H90O12S. The number of aliphatic hydroxyl groups excluding tert-OH is 3. The molecule has 6 unspecified atom stereocenters. The molecule has 0 aromatic carbocycles. The number of esters is 2. The third kappa shape index (κ3) is 36.2. The zero-order valence-corrected chi connectivity index (χ0v) is 41.6. The van der Waals surface area contributed by atoms with Gasteiger partial charge in [0.2, 0.25) is 0 Å². The van der Waals surface area contributed by atoms with Crippen LogP contribution in [0, 0.1) is 0 Å². The van der Waals surface area contributed by atoms with Crippen molar-refractivity contribution in [3.63, 3.8) is 0 Å². The zero-order valence-electron chi connectivity index (χ0n) is 40.8. The summed E-state index contributed by atoms with van der Waals surface area (Å²) in [5.41, 5.74) is 0. The van der Waals surface area contributed by atoms with E-state index in [1.165, 1.54) is 89.9 Å². The van der Waals surface area contributed by atoms with Crippen LogP contribution in [-0.2, 0) is 38.7 Å². The lowest BCUT2D eigenvalue weighted by Gasteiger charge is -2.40. The highest BCUT2D eigenvalue weighted by atomic mass is 32.2. The summed E-state index contributed by atoms with van der Waals surface area (Å²) < 4.78 is 54.2. The van der Waals surface area contributed by atoms with Crippen molar-refractivity contribution in [2.45, 2.75) is 230 Å². The summed E-state index contributed by atoms with van der Waals surface area (Å²) in [5, 5.41) is 30.9. The van der Waals surface area contributed by atoms with Crippen LogP contribution in [-0.4, -0.2) is 96.0 Å². The summed E-state index contributed by atoms with van der Waals surface area (Å²) in [5.74, 6) is -2.05. The van der Waals surface area contributed by atoms with Crippen LogP contribution in [0.1, 0.15) is 194 Å². The van der Waals surface area contributed by atoms with E-state index in [4.69, 9.17) is 18.9 Å². The first-order chi connectivity index (χ1) is 32.0. The van der Waals surface area contributed by atoms with Crippen LogP contribution < -0.4 is 0 Å². The fourth-order valence-corrected chi connectivity index (χ4v) is 8.04. The quantitative estimate of drug-likeness (QED) is 0.0197. The van der Waals surface area contributed by atoms with Gasteiger partial charge in [0, 0.05) is 12.8 Å². The highest BCUT2D eigenvalue weighted by Crippen LogP contribution is 2.24. The van der Waals surface area contributed by atoms with Gasteiger partial charge in [0.15, 0.2) is 12.4 Å². The smallest absolute Gasteiger partial charge is 0.306 e. The van der Waals surface area contributed by atoms with E-state index in [1.807, 2.05) is 0 Å². The number of unbranched alkanes of at least 4 members (excludes halogenated alkanes) is 18. The van der Waals surface area contributed by atoms with Gasteiger partial charge >= 0.3 is 11.9 Å². The predicted octanol–water partition coefficient (Wildman–Crippen LogP) is 11.5. The normalized spacial score (nSPS) is 20.0. The Morgan fingerprint density at radius 1 is 0.530 bits per heavy atom. The van der Waals surface area contributed by atoms with Crippen molar-refractivity contribution in [2.75, 3.05) is 19.0 Å². The van der Waals surface area contributed by atoms with E-state index in [1.54, 1.807) is 0 Å². The van der Waals surface area contributed by atoms with E-state index in [2.05, 4.69) is 86.8 Å². The van der Waals surface area contributed by atoms with Crippen molar-refractivity contribution >= 4 is 22.1 Å². The molecule has 0 aromatic heterocycles. The Bertz CT molecular complexity index is 1490. The topological polar surface area (TPSA) is 186 Å². The molecule has 1 aliphatic rings. The van der Waals surface area contributed by atoms with Crippen LogP contribution >= 0.6 is 0 Å². The van der Waals surface area contributed by atoms with E-state index in [9.17, 15) is 37.9 Å². The standard InChI is InChI=1S/C53H90O12S/c1-3-5-7-9-11-13-15-17-19-20-21-22-23-24-25-26-28-29-31-33-35-37-39-41-48(54)62-43-46(44-63-53-52(58)51(57)50(56)47(65-53)45-66(59,60)61)64-49(55)42-40-38-36-34-32-30-27-18-16-14-12-10-8-6-4-2/h6,8,12,14-15,17-18,20-21,27,32,34,46-47,50-53,56-58H,3-5,7,9-11,13,16,19,22-26,28-31,33,35-45H2,1-2H3,(H,59,60,61)/b8-6-,14-12-,17-15-,21-20-,27-18-,34-32-. The SMILES string of the molecule is CC/C=C\C/C=C\C/C=C\C/C=C\CCCCC(=O)OC(COC(=O)CCCCCCCCCCCCC/C=C\C/C=C\CCCCCCC)COC1OC(CS(=O)(=O)O)C(O)C(O)C1O. The summed E-state index contributed by atoms with van der Waals surface area (Å²) in [6, 6.07) is 0. The maximum Gasteiger partial charge on any atom is 0.306 e. The Hall–Kier alpha value is -2.91. The minimum absolute atomic E-state index is 0.109. The number of carbonyl (C=O) groups excluding carboxylic acids is 2. The molecule has 0 saturated carbocycles. The molecule has 0 bridgehead atoms. The molecule has 6 atom stereocenters. The highest BCUT2D eigenvalue weighted by Gasteiger charge is 2.46. The molecule has 1 rings (SSSR count). The zero-order chi connectivity index (χ0) is 48.4. The van der Waals surface area contributed by atoms with Crippen molar-refractivity contribution in [1.82, 2.24) is 0 Å². The van der Waals surface area contributed by atoms with Crippen molar-refractivity contribution in [2.24, 2.45) is 0 Å². The van der Waals surface area contributed by atoms with Crippen molar-refractivity contribution in [3.05, 3.63) is 72.9 Å². The van der Waals surface area contributed by atoms with Gasteiger partial charge in [-0.15, -0.1) is 0 Å². The third-order valence-electron chi connectivity index (χ3n) is 11.3. The molecule has 380 valence electrons. The van der Waals surface area contributed by atoms with E-state index in [-0.39, 0.29) is 19.4 Å². The van der Waals surface area contributed by atoms with Gasteiger partial charge in [0.05, 0.1) is 6.61 Å². The van der Waals surface area contributed by atoms with Crippen molar-refractivity contribution < 1.29 is 56.8 Å². The van der Waals surface area contributed by atoms with E-state index < -0.39 is 71.2 Å². The average molecular weight is 951 g/mol. The predicted molar refractivity (Wildman–Crippen MR) is 265 cm³/mol. The average Bonchev–Trinajstić information content (AvgIpc) is 3.28. The van der Waals surface area contributed by atoms with E-state index in [0.29, 0.717) is 12.8 Å². The van der Waals surface area contributed by atoms with Gasteiger partial charge in [-0.3, -0.25) is 14.1 Å². The Balaban J connectivity index is 2.37. The maximum absolute atomic E-state index is 12.8. The number of carbonyl (C=O) groups is 2. The molecule has 4 N–H and O–H groups in total. The molecule has 0 radical (unpaired) electrons. The van der Waals surface area contributed by atoms with Gasteiger partial charge < -0.3 is 34.3 Å². The number of hydrogen-bond acceptors (Lipinski definition) is 11. The highest BCUT2D eigenvalue weighted by molar-refractivity contribution is 7.85. The number of aliphatic hydroxyl groups is 3. The molecule has 13 heteroatoms. The number of rotatable bonds is 42. The van der Waals surface area contributed by atoms with Crippen LogP contribution in [0.25, 0.3) is 0 Å². The van der Waals surface area contributed by atoms with Crippen LogP contribution in [0.3, 0.4) is 0 Å². The molecule has 66 heavy (non-hydrogen) atoms. The second kappa shape index (κ2) is 42.2. The fraction of sp³-hybridized carbons (Fsp3) is 0.736. The van der Waals surface area contributed by atoms with Gasteiger partial charge in [-0.2, -0.15) is 8.42 Å². The molecule has 1 heterocycles. The first-order valence-electron chi connectivity index (χ1n) is 25.5. The van der Waals surface area contributed by atoms with Crippen LogP contribution in [0.5, 0.6) is 0 Å². The minimum Gasteiger partial charge on any atom is -0.462 e. The molecule has 1 saturated heterocycles. The van der Waals surface area contributed by atoms with Crippen molar-refractivity contribution in [1.29, 1.82) is 0 Å². The molecule has 12 nitrogen and oxygen atoms in total. The molecule has 1 aliphatic heterocycles. The minimum atomic E-state index is -4.61. The lowest BCUT2D eigenvalue weighted by atomic mass is 10.00. The number of hydrogen-bond donors (Lipinski definition) is 4. The molecule has 0 amide bonds. The molecule has 1 fully saturated rings. The molecule has 0 spiro atoms. The Morgan fingerprint density at radius 3 is 1.45 bits per heavy atom. The van der Waals surface area contributed by atoms with Gasteiger partial charge in [-0.25, -0.2) is 0 Å². The monoisotopic (exact) mass is 951 g/mol. The Morgan fingerprint density at radius 2 is 0.955 bits per heavy atom. The number of allylic oxidation sites excluding steroid dienone is 12. The summed E-state index contributed by atoms with van der Waals surface area (Å²) in [6.07, 6.45) is 45.2. The molecule has 0 aliphatic carbocycles.